The second-order valence-electron chi connectivity index (χ2n) is 6.77. The summed E-state index contributed by atoms with van der Waals surface area (Å²) in [4.78, 5) is 2.30. The molecule has 0 saturated heterocycles. The van der Waals surface area contributed by atoms with Crippen molar-refractivity contribution in [1.29, 1.82) is 0 Å². The molecular formula is C22H26N2O3S2. The van der Waals surface area contributed by atoms with Crippen molar-refractivity contribution in [2.24, 2.45) is 0 Å². The molecule has 0 spiro atoms. The summed E-state index contributed by atoms with van der Waals surface area (Å²) < 4.78 is 36.1. The number of hydrogen-bond acceptors (Lipinski definition) is 5. The van der Waals surface area contributed by atoms with Crippen LogP contribution in [0.25, 0.3) is 22.4 Å². The van der Waals surface area contributed by atoms with E-state index in [1.54, 1.807) is 11.3 Å². The van der Waals surface area contributed by atoms with Gasteiger partial charge in [-0.25, -0.2) is 8.42 Å². The minimum atomic E-state index is -4.20. The zero-order valence-electron chi connectivity index (χ0n) is 16.7. The van der Waals surface area contributed by atoms with Crippen LogP contribution in [0.3, 0.4) is 0 Å². The lowest BCUT2D eigenvalue weighted by molar-refractivity contribution is -0.668. The Morgan fingerprint density at radius 1 is 1.03 bits per heavy atom. The summed E-state index contributed by atoms with van der Waals surface area (Å²) in [5.74, 6) is -0.347. The average Bonchev–Trinajstić information content (AvgIpc) is 3.05. The van der Waals surface area contributed by atoms with Crippen molar-refractivity contribution >= 4 is 49.5 Å². The first-order valence-electron chi connectivity index (χ1n) is 9.79. The van der Waals surface area contributed by atoms with Gasteiger partial charge in [0.05, 0.1) is 10.1 Å². The predicted molar refractivity (Wildman–Crippen MR) is 120 cm³/mol. The highest BCUT2D eigenvalue weighted by molar-refractivity contribution is 7.85. The van der Waals surface area contributed by atoms with Crippen LogP contribution in [0, 0.1) is 0 Å². The number of para-hydroxylation sites is 1. The summed E-state index contributed by atoms with van der Waals surface area (Å²) in [6.45, 7) is 6.75. The first-order chi connectivity index (χ1) is 13.9. The van der Waals surface area contributed by atoms with Crippen molar-refractivity contribution < 1.29 is 17.5 Å². The molecule has 5 nitrogen and oxygen atoms in total. The molecule has 154 valence electrons. The standard InChI is InChI=1S/C22H26N2O3S2/c1-3-23(4-2)19-13-10-18(11-14-19)12-15-22-24(16-7-17-29(25,26)27)20-8-5-6-9-21(20)28-22/h5-6,8-15H,3-4,7,16-17H2,1-2H3. The summed E-state index contributed by atoms with van der Waals surface area (Å²) in [5, 5.41) is 1.03. The monoisotopic (exact) mass is 430 g/mol. The fourth-order valence-corrected chi connectivity index (χ4v) is 4.93. The summed E-state index contributed by atoms with van der Waals surface area (Å²) in [6.07, 6.45) is 4.43. The fourth-order valence-electron chi connectivity index (χ4n) is 3.36. The van der Waals surface area contributed by atoms with Gasteiger partial charge >= 0.3 is 0 Å². The Hall–Kier alpha value is -2.22. The molecule has 3 aromatic rings. The second kappa shape index (κ2) is 9.52. The molecule has 0 aliphatic heterocycles. The Morgan fingerprint density at radius 2 is 1.72 bits per heavy atom. The van der Waals surface area contributed by atoms with Crippen molar-refractivity contribution in [1.82, 2.24) is 0 Å². The van der Waals surface area contributed by atoms with Gasteiger partial charge in [0.2, 0.25) is 5.52 Å². The van der Waals surface area contributed by atoms with Gasteiger partial charge in [0, 0.05) is 43.1 Å². The molecule has 0 aliphatic rings. The summed E-state index contributed by atoms with van der Waals surface area (Å²) in [6, 6.07) is 16.5. The maximum absolute atomic E-state index is 11.0. The molecule has 0 fully saturated rings. The van der Waals surface area contributed by atoms with E-state index in [-0.39, 0.29) is 5.75 Å². The van der Waals surface area contributed by atoms with Crippen molar-refractivity contribution in [2.75, 3.05) is 23.7 Å². The molecule has 29 heavy (non-hydrogen) atoms. The Morgan fingerprint density at radius 3 is 2.38 bits per heavy atom. The number of rotatable bonds is 9. The highest BCUT2D eigenvalue weighted by Crippen LogP contribution is 2.23. The molecule has 0 amide bonds. The van der Waals surface area contributed by atoms with Crippen LogP contribution in [0.4, 0.5) is 5.69 Å². The van der Waals surface area contributed by atoms with Gasteiger partial charge in [0.1, 0.15) is 4.70 Å². The lowest BCUT2D eigenvalue weighted by atomic mass is 10.2. The SMILES string of the molecule is CCN(CC)c1ccc(/C=C/c2sc3ccccc3[n+]2CCCS(=O)(=O)[O-])cc1. The molecule has 0 saturated carbocycles. The van der Waals surface area contributed by atoms with E-state index >= 15 is 0 Å². The number of fused-ring (bicyclic) bond motifs is 1. The van der Waals surface area contributed by atoms with E-state index in [9.17, 15) is 13.0 Å². The van der Waals surface area contributed by atoms with Gasteiger partial charge in [-0.3, -0.25) is 0 Å². The zero-order valence-corrected chi connectivity index (χ0v) is 18.4. The van der Waals surface area contributed by atoms with Crippen LogP contribution >= 0.6 is 11.3 Å². The molecule has 1 heterocycles. The maximum atomic E-state index is 11.0. The Labute approximate surface area is 176 Å². The van der Waals surface area contributed by atoms with Crippen LogP contribution in [0.2, 0.25) is 0 Å². The normalized spacial score (nSPS) is 12.1. The molecule has 0 atom stereocenters. The molecule has 0 N–H and O–H groups in total. The Balaban J connectivity index is 1.84. The average molecular weight is 431 g/mol. The number of benzene rings is 2. The molecule has 3 rings (SSSR count). The van der Waals surface area contributed by atoms with Gasteiger partial charge in [-0.2, -0.15) is 4.57 Å². The van der Waals surface area contributed by atoms with Crippen LogP contribution in [0.1, 0.15) is 30.8 Å². The molecular weight excluding hydrogens is 404 g/mol. The van der Waals surface area contributed by atoms with E-state index in [0.717, 1.165) is 33.9 Å². The van der Waals surface area contributed by atoms with E-state index in [4.69, 9.17) is 0 Å². The van der Waals surface area contributed by atoms with Crippen LogP contribution < -0.4 is 9.47 Å². The van der Waals surface area contributed by atoms with Gasteiger partial charge in [0.25, 0.3) is 5.01 Å². The smallest absolute Gasteiger partial charge is 0.262 e. The molecule has 1 aromatic heterocycles. The van der Waals surface area contributed by atoms with Crippen molar-refractivity contribution in [3.8, 4) is 0 Å². The number of hydrogen-bond donors (Lipinski definition) is 0. The van der Waals surface area contributed by atoms with Crippen molar-refractivity contribution in [2.45, 2.75) is 26.8 Å². The van der Waals surface area contributed by atoms with Gasteiger partial charge in [0.15, 0.2) is 6.54 Å². The van der Waals surface area contributed by atoms with E-state index in [1.807, 2.05) is 18.2 Å². The van der Waals surface area contributed by atoms with Gasteiger partial charge in [-0.15, -0.1) is 0 Å². The largest absolute Gasteiger partial charge is 0.748 e. The van der Waals surface area contributed by atoms with Crippen LogP contribution in [-0.4, -0.2) is 31.8 Å². The molecule has 0 radical (unpaired) electrons. The number of anilines is 1. The fraction of sp³-hybridized carbons (Fsp3) is 0.318. The van der Waals surface area contributed by atoms with Crippen LogP contribution in [0.15, 0.2) is 48.5 Å². The predicted octanol–water partition coefficient (Wildman–Crippen LogP) is 4.14. The first-order valence-corrected chi connectivity index (χ1v) is 12.2. The third kappa shape index (κ3) is 5.65. The summed E-state index contributed by atoms with van der Waals surface area (Å²) in [5.41, 5.74) is 3.37. The first kappa shape index (κ1) is 21.5. The van der Waals surface area contributed by atoms with Crippen LogP contribution in [-0.2, 0) is 16.7 Å². The summed E-state index contributed by atoms with van der Waals surface area (Å²) in [7, 11) is -4.20. The third-order valence-electron chi connectivity index (χ3n) is 4.85. The lowest BCUT2D eigenvalue weighted by Gasteiger charge is -2.20. The quantitative estimate of drug-likeness (QED) is 0.378. The highest BCUT2D eigenvalue weighted by atomic mass is 32.2. The Kier molecular flexibility index (Phi) is 7.05. The summed E-state index contributed by atoms with van der Waals surface area (Å²) >= 11 is 1.66. The molecule has 2 aromatic carbocycles. The van der Waals surface area contributed by atoms with Gasteiger partial charge in [-0.05, 0) is 43.7 Å². The number of aromatic nitrogens is 1. The minimum Gasteiger partial charge on any atom is -0.748 e. The molecule has 0 aliphatic carbocycles. The van der Waals surface area contributed by atoms with Gasteiger partial charge in [-0.1, -0.05) is 35.6 Å². The zero-order chi connectivity index (χ0) is 20.9. The molecule has 7 heteroatoms. The Bertz CT molecular complexity index is 1080. The van der Waals surface area contributed by atoms with E-state index in [2.05, 4.69) is 65.8 Å². The van der Waals surface area contributed by atoms with Crippen molar-refractivity contribution in [3.05, 3.63) is 59.1 Å². The molecule has 0 unspecified atom stereocenters. The van der Waals surface area contributed by atoms with E-state index in [0.29, 0.717) is 13.0 Å². The highest BCUT2D eigenvalue weighted by Gasteiger charge is 2.18. The third-order valence-corrected chi connectivity index (χ3v) is 6.77. The maximum Gasteiger partial charge on any atom is 0.262 e. The van der Waals surface area contributed by atoms with Crippen LogP contribution in [0.5, 0.6) is 0 Å². The topological polar surface area (TPSA) is 64.3 Å². The lowest BCUT2D eigenvalue weighted by Crippen LogP contribution is -2.35. The minimum absolute atomic E-state index is 0.302. The van der Waals surface area contributed by atoms with Gasteiger partial charge < -0.3 is 9.45 Å². The van der Waals surface area contributed by atoms with Crippen molar-refractivity contribution in [3.63, 3.8) is 0 Å². The number of aryl methyl sites for hydroxylation is 1. The van der Waals surface area contributed by atoms with E-state index in [1.165, 1.54) is 5.69 Å². The van der Waals surface area contributed by atoms with E-state index < -0.39 is 10.1 Å². The second-order valence-corrected chi connectivity index (χ2v) is 9.36. The number of thiazole rings is 1. The number of nitrogens with zero attached hydrogens (tertiary/aromatic N) is 2. The molecule has 0 bridgehead atoms.